The summed E-state index contributed by atoms with van der Waals surface area (Å²) in [7, 11) is 0. The molecule has 0 aromatic heterocycles. The van der Waals surface area contributed by atoms with Crippen molar-refractivity contribution in [1.29, 1.82) is 0 Å². The van der Waals surface area contributed by atoms with Gasteiger partial charge in [-0.15, -0.1) is 0 Å². The Kier molecular flexibility index (Phi) is 14.5. The van der Waals surface area contributed by atoms with E-state index in [2.05, 4.69) is 5.32 Å². The summed E-state index contributed by atoms with van der Waals surface area (Å²) in [6.07, 6.45) is 0.140. The maximum Gasteiger partial charge on any atom is 0.404 e. The van der Waals surface area contributed by atoms with E-state index in [4.69, 9.17) is 31.0 Å². The first-order chi connectivity index (χ1) is 13.5. The van der Waals surface area contributed by atoms with Gasteiger partial charge in [-0.1, -0.05) is 67.1 Å². The number of nitrogens with two attached hydrogens (primary N) is 1. The molecule has 2 atom stereocenters. The van der Waals surface area contributed by atoms with Crippen LogP contribution in [0.5, 0.6) is 0 Å². The molecule has 8 nitrogen and oxygen atoms in total. The van der Waals surface area contributed by atoms with Crippen molar-refractivity contribution >= 4 is 12.6 Å². The number of amides is 1. The molecule has 0 radical (unpaired) electrons. The molecule has 2 aromatic rings. The molecule has 8 heteroatoms. The van der Waals surface area contributed by atoms with Crippen LogP contribution in [0, 0.1) is 0 Å². The van der Waals surface area contributed by atoms with Crippen molar-refractivity contribution in [1.82, 2.24) is 5.32 Å². The highest BCUT2D eigenvalue weighted by Gasteiger charge is 2.10. The van der Waals surface area contributed by atoms with Gasteiger partial charge in [0.2, 0.25) is 0 Å². The molecule has 28 heavy (non-hydrogen) atoms. The molecule has 2 aromatic carbocycles. The molecule has 0 aliphatic heterocycles. The normalized spacial score (nSPS) is 11.5. The summed E-state index contributed by atoms with van der Waals surface area (Å²) in [6.45, 7) is 0.357. The van der Waals surface area contributed by atoms with E-state index >= 15 is 0 Å². The van der Waals surface area contributed by atoms with Gasteiger partial charge >= 0.3 is 6.09 Å². The quantitative estimate of drug-likeness (QED) is 0.385. The highest BCUT2D eigenvalue weighted by Crippen LogP contribution is 2.02. The number of benzene rings is 2. The fourth-order valence-corrected chi connectivity index (χ4v) is 2.22. The van der Waals surface area contributed by atoms with Gasteiger partial charge in [0.05, 0.1) is 19.3 Å². The third kappa shape index (κ3) is 13.3. The van der Waals surface area contributed by atoms with Gasteiger partial charge < -0.3 is 36.3 Å². The van der Waals surface area contributed by atoms with E-state index in [0.717, 1.165) is 12.0 Å². The third-order valence-corrected chi connectivity index (χ3v) is 3.45. The number of rotatable bonds is 7. The topological polar surface area (TPSA) is 153 Å². The molecule has 0 fully saturated rings. The largest absolute Gasteiger partial charge is 0.665 e. The van der Waals surface area contributed by atoms with Crippen LogP contribution >= 0.6 is 0 Å². The molecule has 0 bridgehead atoms. The summed E-state index contributed by atoms with van der Waals surface area (Å²) in [5, 5.41) is 35.1. The Balaban J connectivity index is 0.000000466. The summed E-state index contributed by atoms with van der Waals surface area (Å²) in [5.41, 5.74) is 7.73. The second kappa shape index (κ2) is 16.2. The predicted octanol–water partition coefficient (Wildman–Crippen LogP) is 1.02. The highest BCUT2D eigenvalue weighted by atomic mass is 16.4. The molecule has 7 N–H and O–H groups in total. The zero-order chi connectivity index (χ0) is 21.2. The lowest BCUT2D eigenvalue weighted by molar-refractivity contribution is 0.177. The van der Waals surface area contributed by atoms with Crippen LogP contribution in [-0.2, 0) is 17.6 Å². The van der Waals surface area contributed by atoms with Crippen molar-refractivity contribution < 1.29 is 30.0 Å². The van der Waals surface area contributed by atoms with Gasteiger partial charge in [-0.2, -0.15) is 0 Å². The second-order valence-electron chi connectivity index (χ2n) is 5.74. The van der Waals surface area contributed by atoms with Gasteiger partial charge in [-0.3, -0.25) is 0 Å². The van der Waals surface area contributed by atoms with Crippen LogP contribution in [0.25, 0.3) is 0 Å². The summed E-state index contributed by atoms with van der Waals surface area (Å²) < 4.78 is 0. The van der Waals surface area contributed by atoms with E-state index in [9.17, 15) is 4.79 Å². The van der Waals surface area contributed by atoms with E-state index in [1.165, 1.54) is 5.56 Å². The zero-order valence-corrected chi connectivity index (χ0v) is 15.4. The SMILES string of the molecule is NC(CO)Cc1ccccc1.O=C(O)NC(CO)Cc1ccccc1.O=[C-]O. The average Bonchev–Trinajstić information content (AvgIpc) is 2.69. The molecule has 154 valence electrons. The van der Waals surface area contributed by atoms with Crippen LogP contribution in [0.1, 0.15) is 11.1 Å². The Morgan fingerprint density at radius 3 is 1.71 bits per heavy atom. The maximum absolute atomic E-state index is 10.3. The minimum Gasteiger partial charge on any atom is -0.665 e. The zero-order valence-electron chi connectivity index (χ0n) is 15.4. The van der Waals surface area contributed by atoms with Crippen molar-refractivity contribution in [3.8, 4) is 0 Å². The summed E-state index contributed by atoms with van der Waals surface area (Å²) in [4.78, 5) is 18.6. The lowest BCUT2D eigenvalue weighted by Gasteiger charge is -2.13. The third-order valence-electron chi connectivity index (χ3n) is 3.45. The van der Waals surface area contributed by atoms with E-state index in [-0.39, 0.29) is 19.3 Å². The van der Waals surface area contributed by atoms with Crippen molar-refractivity contribution in [2.24, 2.45) is 5.73 Å². The lowest BCUT2D eigenvalue weighted by atomic mass is 10.1. The van der Waals surface area contributed by atoms with E-state index in [0.29, 0.717) is 12.9 Å². The Hall–Kier alpha value is -2.94. The van der Waals surface area contributed by atoms with Crippen LogP contribution < -0.4 is 11.1 Å². The van der Waals surface area contributed by atoms with E-state index < -0.39 is 12.1 Å². The van der Waals surface area contributed by atoms with Crippen LogP contribution in [0.4, 0.5) is 4.79 Å². The first-order valence-electron chi connectivity index (χ1n) is 8.52. The molecule has 0 saturated heterocycles. The Labute approximate surface area is 164 Å². The molecule has 2 unspecified atom stereocenters. The first kappa shape index (κ1) is 25.1. The minimum atomic E-state index is -1.11. The molecule has 0 aliphatic carbocycles. The number of hydrogen-bond donors (Lipinski definition) is 6. The fourth-order valence-electron chi connectivity index (χ4n) is 2.22. The molecule has 0 spiro atoms. The van der Waals surface area contributed by atoms with Gasteiger partial charge in [-0.05, 0) is 24.0 Å². The number of carboxylic acid groups (broad SMARTS) is 1. The van der Waals surface area contributed by atoms with Crippen molar-refractivity contribution in [2.75, 3.05) is 13.2 Å². The van der Waals surface area contributed by atoms with Crippen LogP contribution in [-0.4, -0.2) is 58.3 Å². The van der Waals surface area contributed by atoms with Gasteiger partial charge in [-0.25, -0.2) is 4.79 Å². The molecule has 2 rings (SSSR count). The van der Waals surface area contributed by atoms with Crippen LogP contribution in [0.2, 0.25) is 0 Å². The average molecular weight is 391 g/mol. The monoisotopic (exact) mass is 391 g/mol. The number of aliphatic hydroxyl groups excluding tert-OH is 3. The minimum absolute atomic E-state index is 0.0505. The summed E-state index contributed by atoms with van der Waals surface area (Å²) in [6, 6.07) is 18.8. The van der Waals surface area contributed by atoms with Crippen LogP contribution in [0.3, 0.4) is 0 Å². The summed E-state index contributed by atoms with van der Waals surface area (Å²) >= 11 is 0. The van der Waals surface area contributed by atoms with Gasteiger partial charge in [0.15, 0.2) is 0 Å². The standard InChI is InChI=1S/C10H13NO3.C9H13NO.CHO2/c12-7-9(11-10(13)14)6-8-4-2-1-3-5-8;10-9(7-11)6-8-4-2-1-3-5-8;2-1-3/h1-5,9,11-12H,6-7H2,(H,13,14);1-5,9,11H,6-7,10H2;(H,2,3)/q;;-1. The van der Waals surface area contributed by atoms with E-state index in [1.54, 1.807) is 0 Å². The van der Waals surface area contributed by atoms with Crippen molar-refractivity contribution in [2.45, 2.75) is 24.9 Å². The van der Waals surface area contributed by atoms with Crippen molar-refractivity contribution in [3.05, 3.63) is 71.8 Å². The van der Waals surface area contributed by atoms with Gasteiger partial charge in [0, 0.05) is 6.04 Å². The molecular weight excluding hydrogens is 364 g/mol. The highest BCUT2D eigenvalue weighted by molar-refractivity contribution is 5.64. The lowest BCUT2D eigenvalue weighted by Crippen LogP contribution is -2.38. The number of nitrogens with one attached hydrogen (secondary N) is 1. The van der Waals surface area contributed by atoms with E-state index in [1.807, 2.05) is 60.7 Å². The molecule has 0 heterocycles. The van der Waals surface area contributed by atoms with Gasteiger partial charge in [0.25, 0.3) is 0 Å². The Morgan fingerprint density at radius 2 is 1.36 bits per heavy atom. The summed E-state index contributed by atoms with van der Waals surface area (Å²) in [5.74, 6) is 0. The van der Waals surface area contributed by atoms with Crippen molar-refractivity contribution in [3.63, 3.8) is 0 Å². The van der Waals surface area contributed by atoms with Gasteiger partial charge in [0.1, 0.15) is 0 Å². The second-order valence-corrected chi connectivity index (χ2v) is 5.74. The smallest absolute Gasteiger partial charge is 0.404 e. The number of hydrogen-bond acceptors (Lipinski definition) is 5. The molecular formula is C20H27N2O6-. The molecule has 0 saturated carbocycles. The first-order valence-corrected chi connectivity index (χ1v) is 8.52. The number of carbonyl (C=O) groups is 1. The maximum atomic E-state index is 10.3. The predicted molar refractivity (Wildman–Crippen MR) is 106 cm³/mol. The Morgan fingerprint density at radius 1 is 0.929 bits per heavy atom. The molecule has 1 amide bonds. The number of aliphatic hydroxyl groups is 2. The fraction of sp³-hybridized carbons (Fsp3) is 0.300. The Bertz CT molecular complexity index is 640. The van der Waals surface area contributed by atoms with Crippen LogP contribution in [0.15, 0.2) is 60.7 Å². The molecule has 0 aliphatic rings.